The fraction of sp³-hybridized carbons (Fsp3) is 0. The standard InChI is InChI=1S/C9H9N5O2S2/c10-9-12-5-8(17-9)14-13-6-1-3-7(4-2-6)18(11,15)16/h1-5H,(H2,10,12)(H2,11,15,16). The Balaban J connectivity index is 2.18. The van der Waals surface area contributed by atoms with Crippen LogP contribution in [0.2, 0.25) is 0 Å². The predicted octanol–water partition coefficient (Wildman–Crippen LogP) is 1.79. The summed E-state index contributed by atoms with van der Waals surface area (Å²) in [6.45, 7) is 0. The van der Waals surface area contributed by atoms with E-state index >= 15 is 0 Å². The Bertz CT molecular complexity index is 675. The minimum Gasteiger partial charge on any atom is -0.375 e. The van der Waals surface area contributed by atoms with Crippen molar-refractivity contribution in [2.24, 2.45) is 15.4 Å². The first-order chi connectivity index (χ1) is 8.45. The fourth-order valence-electron chi connectivity index (χ4n) is 1.13. The molecule has 0 aliphatic carbocycles. The molecule has 0 spiro atoms. The zero-order valence-corrected chi connectivity index (χ0v) is 10.6. The SMILES string of the molecule is Nc1ncc(N=Nc2ccc(S(N)(=O)=O)cc2)s1. The summed E-state index contributed by atoms with van der Waals surface area (Å²) in [6.07, 6.45) is 1.50. The van der Waals surface area contributed by atoms with E-state index in [1.54, 1.807) is 0 Å². The number of nitrogen functional groups attached to an aromatic ring is 1. The smallest absolute Gasteiger partial charge is 0.238 e. The van der Waals surface area contributed by atoms with E-state index in [0.717, 1.165) is 0 Å². The van der Waals surface area contributed by atoms with Crippen LogP contribution < -0.4 is 10.9 Å². The molecule has 0 saturated heterocycles. The van der Waals surface area contributed by atoms with Crippen molar-refractivity contribution in [3.8, 4) is 0 Å². The van der Waals surface area contributed by atoms with Gasteiger partial charge in [-0.15, -0.1) is 10.2 Å². The molecule has 1 aromatic carbocycles. The van der Waals surface area contributed by atoms with Crippen LogP contribution in [-0.4, -0.2) is 13.4 Å². The molecule has 0 radical (unpaired) electrons. The highest BCUT2D eigenvalue weighted by Crippen LogP contribution is 2.26. The number of rotatable bonds is 3. The second-order valence-electron chi connectivity index (χ2n) is 3.28. The summed E-state index contributed by atoms with van der Waals surface area (Å²) < 4.78 is 22.1. The maximum absolute atomic E-state index is 11.0. The van der Waals surface area contributed by atoms with E-state index in [0.29, 0.717) is 15.8 Å². The molecule has 94 valence electrons. The number of hydrogen-bond donors (Lipinski definition) is 2. The Morgan fingerprint density at radius 3 is 2.33 bits per heavy atom. The summed E-state index contributed by atoms with van der Waals surface area (Å²) in [7, 11) is -3.68. The number of nitrogens with two attached hydrogens (primary N) is 2. The molecule has 0 aliphatic rings. The molecule has 0 fully saturated rings. The summed E-state index contributed by atoms with van der Waals surface area (Å²) >= 11 is 1.20. The highest BCUT2D eigenvalue weighted by molar-refractivity contribution is 7.89. The lowest BCUT2D eigenvalue weighted by atomic mass is 10.3. The summed E-state index contributed by atoms with van der Waals surface area (Å²) in [5.41, 5.74) is 5.95. The van der Waals surface area contributed by atoms with Gasteiger partial charge in [0.2, 0.25) is 10.0 Å². The number of benzene rings is 1. The molecule has 9 heteroatoms. The number of sulfonamides is 1. The summed E-state index contributed by atoms with van der Waals surface area (Å²) in [4.78, 5) is 3.85. The van der Waals surface area contributed by atoms with Crippen molar-refractivity contribution in [2.45, 2.75) is 4.90 Å². The van der Waals surface area contributed by atoms with Crippen LogP contribution in [0.1, 0.15) is 0 Å². The van der Waals surface area contributed by atoms with Crippen LogP contribution in [0.4, 0.5) is 15.8 Å². The number of primary sulfonamides is 1. The van der Waals surface area contributed by atoms with Gasteiger partial charge in [0.05, 0.1) is 16.8 Å². The van der Waals surface area contributed by atoms with E-state index in [2.05, 4.69) is 15.2 Å². The first-order valence-corrected chi connectivity index (χ1v) is 7.07. The zero-order chi connectivity index (χ0) is 13.2. The van der Waals surface area contributed by atoms with E-state index in [-0.39, 0.29) is 4.90 Å². The van der Waals surface area contributed by atoms with Crippen LogP contribution in [0.15, 0.2) is 45.6 Å². The van der Waals surface area contributed by atoms with Crippen molar-refractivity contribution in [1.29, 1.82) is 0 Å². The van der Waals surface area contributed by atoms with Gasteiger partial charge in [0, 0.05) is 0 Å². The van der Waals surface area contributed by atoms with Gasteiger partial charge in [-0.05, 0) is 24.3 Å². The van der Waals surface area contributed by atoms with Crippen LogP contribution in [-0.2, 0) is 10.0 Å². The van der Waals surface area contributed by atoms with Crippen molar-refractivity contribution in [3.63, 3.8) is 0 Å². The number of aromatic nitrogens is 1. The molecule has 2 aromatic rings. The third-order valence-corrected chi connectivity index (χ3v) is 3.58. The average Bonchev–Trinajstić information content (AvgIpc) is 2.72. The Kier molecular flexibility index (Phi) is 3.36. The molecule has 0 amide bonds. The number of nitrogens with zero attached hydrogens (tertiary/aromatic N) is 3. The van der Waals surface area contributed by atoms with E-state index in [9.17, 15) is 8.42 Å². The molecule has 2 rings (SSSR count). The number of azo groups is 1. The van der Waals surface area contributed by atoms with E-state index in [4.69, 9.17) is 10.9 Å². The number of thiazole rings is 1. The molecule has 0 bridgehead atoms. The van der Waals surface area contributed by atoms with Crippen molar-refractivity contribution in [3.05, 3.63) is 30.5 Å². The molecule has 0 unspecified atom stereocenters. The van der Waals surface area contributed by atoms with Crippen LogP contribution in [0, 0.1) is 0 Å². The normalized spacial score (nSPS) is 12.1. The number of hydrogen-bond acceptors (Lipinski definition) is 7. The average molecular weight is 283 g/mol. The lowest BCUT2D eigenvalue weighted by Crippen LogP contribution is -2.11. The molecular weight excluding hydrogens is 274 g/mol. The lowest BCUT2D eigenvalue weighted by Gasteiger charge is -1.97. The predicted molar refractivity (Wildman–Crippen MR) is 68.5 cm³/mol. The van der Waals surface area contributed by atoms with Gasteiger partial charge in [0.1, 0.15) is 0 Å². The highest BCUT2D eigenvalue weighted by Gasteiger charge is 2.06. The Labute approximate surface area is 107 Å². The minimum atomic E-state index is -3.68. The molecule has 0 atom stereocenters. The van der Waals surface area contributed by atoms with E-state index in [1.165, 1.54) is 41.8 Å². The van der Waals surface area contributed by atoms with Gasteiger partial charge < -0.3 is 5.73 Å². The Morgan fingerprint density at radius 1 is 1.17 bits per heavy atom. The van der Waals surface area contributed by atoms with Gasteiger partial charge in [-0.2, -0.15) is 0 Å². The highest BCUT2D eigenvalue weighted by atomic mass is 32.2. The van der Waals surface area contributed by atoms with Gasteiger partial charge in [-0.25, -0.2) is 18.5 Å². The van der Waals surface area contributed by atoms with Crippen LogP contribution in [0.3, 0.4) is 0 Å². The molecule has 0 aliphatic heterocycles. The van der Waals surface area contributed by atoms with Gasteiger partial charge >= 0.3 is 0 Å². The lowest BCUT2D eigenvalue weighted by molar-refractivity contribution is 0.598. The monoisotopic (exact) mass is 283 g/mol. The number of anilines is 1. The topological polar surface area (TPSA) is 124 Å². The maximum Gasteiger partial charge on any atom is 0.238 e. The third-order valence-electron chi connectivity index (χ3n) is 1.94. The first-order valence-electron chi connectivity index (χ1n) is 4.71. The van der Waals surface area contributed by atoms with Gasteiger partial charge in [0.15, 0.2) is 10.1 Å². The van der Waals surface area contributed by atoms with Crippen molar-refractivity contribution >= 4 is 37.2 Å². The largest absolute Gasteiger partial charge is 0.375 e. The molecule has 0 saturated carbocycles. The second kappa shape index (κ2) is 4.80. The van der Waals surface area contributed by atoms with Gasteiger partial charge in [-0.1, -0.05) is 11.3 Å². The third kappa shape index (κ3) is 3.09. The van der Waals surface area contributed by atoms with Crippen molar-refractivity contribution < 1.29 is 8.42 Å². The first kappa shape index (κ1) is 12.6. The van der Waals surface area contributed by atoms with Crippen LogP contribution in [0.25, 0.3) is 0 Å². The Hall–Kier alpha value is -1.84. The molecule has 18 heavy (non-hydrogen) atoms. The van der Waals surface area contributed by atoms with Gasteiger partial charge in [-0.3, -0.25) is 0 Å². The fourth-order valence-corrected chi connectivity index (χ4v) is 2.16. The van der Waals surface area contributed by atoms with Crippen LogP contribution >= 0.6 is 11.3 Å². The molecular formula is C9H9N5O2S2. The van der Waals surface area contributed by atoms with Crippen LogP contribution in [0.5, 0.6) is 0 Å². The van der Waals surface area contributed by atoms with E-state index < -0.39 is 10.0 Å². The molecule has 1 heterocycles. The molecule has 7 nitrogen and oxygen atoms in total. The zero-order valence-electron chi connectivity index (χ0n) is 9.02. The minimum absolute atomic E-state index is 0.0310. The second-order valence-corrected chi connectivity index (χ2v) is 5.88. The Morgan fingerprint density at radius 2 is 1.83 bits per heavy atom. The van der Waals surface area contributed by atoms with Crippen molar-refractivity contribution in [2.75, 3.05) is 5.73 Å². The summed E-state index contributed by atoms with van der Waals surface area (Å²) in [5, 5.41) is 13.8. The summed E-state index contributed by atoms with van der Waals surface area (Å²) in [5.74, 6) is 0. The van der Waals surface area contributed by atoms with Gasteiger partial charge in [0.25, 0.3) is 0 Å². The molecule has 4 N–H and O–H groups in total. The van der Waals surface area contributed by atoms with E-state index in [1.807, 2.05) is 0 Å². The quantitative estimate of drug-likeness (QED) is 0.833. The maximum atomic E-state index is 11.0. The van der Waals surface area contributed by atoms with Crippen molar-refractivity contribution in [1.82, 2.24) is 4.98 Å². The molecule has 1 aromatic heterocycles. The summed E-state index contributed by atoms with van der Waals surface area (Å²) in [6, 6.07) is 5.75.